The van der Waals surface area contributed by atoms with Gasteiger partial charge in [0.25, 0.3) is 5.91 Å². The van der Waals surface area contributed by atoms with Gasteiger partial charge >= 0.3 is 12.4 Å². The van der Waals surface area contributed by atoms with E-state index in [9.17, 15) is 31.1 Å². The molecular formula is C32H31F6N7O2. The van der Waals surface area contributed by atoms with E-state index in [0.29, 0.717) is 50.0 Å². The van der Waals surface area contributed by atoms with Gasteiger partial charge in [0.1, 0.15) is 11.4 Å². The van der Waals surface area contributed by atoms with Crippen LogP contribution in [0.1, 0.15) is 44.0 Å². The number of imidazole rings is 2. The number of aromatic amines is 1. The molecule has 4 aromatic rings. The van der Waals surface area contributed by atoms with Crippen LogP contribution in [0.15, 0.2) is 48.8 Å². The number of hydrogen-bond donors (Lipinski definition) is 3. The molecule has 3 heterocycles. The van der Waals surface area contributed by atoms with Crippen molar-refractivity contribution in [1.82, 2.24) is 29.3 Å². The van der Waals surface area contributed by atoms with Crippen molar-refractivity contribution in [3.05, 3.63) is 88.0 Å². The number of aryl methyl sites for hydroxylation is 2. The van der Waals surface area contributed by atoms with Crippen LogP contribution >= 0.6 is 0 Å². The molecule has 2 aromatic heterocycles. The predicted molar refractivity (Wildman–Crippen MR) is 161 cm³/mol. The minimum Gasteiger partial charge on any atom is -0.395 e. The molecule has 2 aromatic carbocycles. The zero-order chi connectivity index (χ0) is 33.9. The number of benzene rings is 2. The Labute approximate surface area is 266 Å². The first-order valence-electron chi connectivity index (χ1n) is 14.6. The zero-order valence-corrected chi connectivity index (χ0v) is 25.4. The lowest BCUT2D eigenvalue weighted by atomic mass is 10.0. The fourth-order valence-electron chi connectivity index (χ4n) is 5.17. The van der Waals surface area contributed by atoms with Gasteiger partial charge in [-0.1, -0.05) is 18.1 Å². The second-order valence-electron chi connectivity index (χ2n) is 11.1. The molecule has 0 atom stereocenters. The Morgan fingerprint density at radius 2 is 1.72 bits per heavy atom. The van der Waals surface area contributed by atoms with Gasteiger partial charge in [0.15, 0.2) is 11.6 Å². The Balaban J connectivity index is 1.30. The number of β-amino-alcohol motifs (C(OH)–C–C–N with tert-alkyl or cyclic N) is 1. The second-order valence-corrected chi connectivity index (χ2v) is 11.1. The number of rotatable bonds is 7. The summed E-state index contributed by atoms with van der Waals surface area (Å²) in [6.45, 7) is 4.87. The first-order valence-corrected chi connectivity index (χ1v) is 14.6. The number of carbonyl (C=O) groups excluding carboxylic acids is 1. The minimum absolute atomic E-state index is 0.0142. The van der Waals surface area contributed by atoms with Gasteiger partial charge in [-0.15, -0.1) is 0 Å². The maximum absolute atomic E-state index is 14.1. The molecule has 0 unspecified atom stereocenters. The summed E-state index contributed by atoms with van der Waals surface area (Å²) in [5, 5.41) is 11.7. The van der Waals surface area contributed by atoms with Crippen molar-refractivity contribution >= 4 is 11.6 Å². The molecule has 1 aliphatic heterocycles. The molecule has 3 N–H and O–H groups in total. The van der Waals surface area contributed by atoms with Crippen molar-refractivity contribution in [2.45, 2.75) is 25.8 Å². The number of aliphatic hydroxyl groups excluding tert-OH is 1. The van der Waals surface area contributed by atoms with Crippen molar-refractivity contribution in [2.75, 3.05) is 44.6 Å². The van der Waals surface area contributed by atoms with E-state index in [0.717, 1.165) is 6.07 Å². The van der Waals surface area contributed by atoms with Crippen LogP contribution in [0.2, 0.25) is 0 Å². The Morgan fingerprint density at radius 1 is 1.00 bits per heavy atom. The number of aromatic nitrogens is 4. The van der Waals surface area contributed by atoms with E-state index in [1.165, 1.54) is 35.0 Å². The first-order chi connectivity index (χ1) is 22.2. The molecule has 0 radical (unpaired) electrons. The summed E-state index contributed by atoms with van der Waals surface area (Å²) in [4.78, 5) is 27.3. The topological polar surface area (TPSA) is 102 Å². The molecular weight excluding hydrogens is 628 g/mol. The number of piperazine rings is 1. The van der Waals surface area contributed by atoms with Crippen LogP contribution in [-0.2, 0) is 25.9 Å². The van der Waals surface area contributed by atoms with Crippen LogP contribution in [0.5, 0.6) is 0 Å². The van der Waals surface area contributed by atoms with Crippen LogP contribution in [0.3, 0.4) is 0 Å². The normalized spacial score (nSPS) is 14.6. The Hall–Kier alpha value is -4.65. The number of nitrogens with zero attached hydrogens (tertiary/aromatic N) is 5. The van der Waals surface area contributed by atoms with Crippen molar-refractivity contribution in [3.8, 4) is 23.5 Å². The van der Waals surface area contributed by atoms with E-state index >= 15 is 0 Å². The number of halogens is 6. The van der Waals surface area contributed by atoms with E-state index in [2.05, 4.69) is 37.0 Å². The number of aliphatic hydroxyl groups is 1. The van der Waals surface area contributed by atoms with E-state index in [4.69, 9.17) is 5.11 Å². The maximum Gasteiger partial charge on any atom is 0.432 e. The second kappa shape index (κ2) is 13.6. The largest absolute Gasteiger partial charge is 0.432 e. The molecule has 0 bridgehead atoms. The molecule has 1 fully saturated rings. The van der Waals surface area contributed by atoms with Crippen molar-refractivity contribution < 1.29 is 36.2 Å². The summed E-state index contributed by atoms with van der Waals surface area (Å²) in [5.41, 5.74) is -0.182. The van der Waals surface area contributed by atoms with E-state index in [1.807, 2.05) is 4.90 Å². The first kappa shape index (κ1) is 33.7. The average molecular weight is 660 g/mol. The van der Waals surface area contributed by atoms with Gasteiger partial charge in [-0.25, -0.2) is 9.97 Å². The molecule has 5 rings (SSSR count). The highest BCUT2D eigenvalue weighted by Gasteiger charge is 2.35. The SMILES string of the molecule is Cc1ccc(C(=O)Nc2ccc(CN3CCN(CCO)CC3)c(C(F)(F)F)c2)cc1C#Cc1cn(C)c(-c2ncc(C(F)(F)F)[nH]2)n1. The molecule has 1 saturated heterocycles. The van der Waals surface area contributed by atoms with Crippen LogP contribution in [-0.4, -0.2) is 79.7 Å². The molecule has 0 saturated carbocycles. The predicted octanol–water partition coefficient (Wildman–Crippen LogP) is 4.92. The van der Waals surface area contributed by atoms with E-state index in [1.54, 1.807) is 20.0 Å². The lowest BCUT2D eigenvalue weighted by Gasteiger charge is -2.34. The van der Waals surface area contributed by atoms with Gasteiger partial charge in [0.05, 0.1) is 18.4 Å². The van der Waals surface area contributed by atoms with Gasteiger partial charge < -0.3 is 20.0 Å². The van der Waals surface area contributed by atoms with Gasteiger partial charge in [-0.05, 0) is 48.2 Å². The number of hydrogen-bond acceptors (Lipinski definition) is 6. The third-order valence-electron chi connectivity index (χ3n) is 7.74. The third kappa shape index (κ3) is 8.20. The monoisotopic (exact) mass is 659 g/mol. The van der Waals surface area contributed by atoms with Crippen LogP contribution in [0.25, 0.3) is 11.6 Å². The van der Waals surface area contributed by atoms with Crippen molar-refractivity contribution in [3.63, 3.8) is 0 Å². The van der Waals surface area contributed by atoms with E-state index < -0.39 is 29.5 Å². The average Bonchev–Trinajstić information content (AvgIpc) is 3.65. The molecule has 0 aliphatic carbocycles. The summed E-state index contributed by atoms with van der Waals surface area (Å²) in [6.07, 6.45) is -7.03. The van der Waals surface area contributed by atoms with Crippen LogP contribution in [0, 0.1) is 18.8 Å². The fraction of sp³-hybridized carbons (Fsp3) is 0.344. The van der Waals surface area contributed by atoms with E-state index in [-0.39, 0.29) is 47.3 Å². The summed E-state index contributed by atoms with van der Waals surface area (Å²) >= 11 is 0. The van der Waals surface area contributed by atoms with Gasteiger partial charge in [-0.3, -0.25) is 14.6 Å². The summed E-state index contributed by atoms with van der Waals surface area (Å²) in [6, 6.07) is 8.42. The Morgan fingerprint density at radius 3 is 2.38 bits per heavy atom. The number of alkyl halides is 6. The van der Waals surface area contributed by atoms with Crippen LogP contribution < -0.4 is 5.32 Å². The van der Waals surface area contributed by atoms with Crippen molar-refractivity contribution in [2.24, 2.45) is 7.05 Å². The quantitative estimate of drug-likeness (QED) is 0.193. The molecule has 248 valence electrons. The number of H-pyrrole nitrogens is 1. The number of carbonyl (C=O) groups is 1. The number of anilines is 1. The molecule has 0 spiro atoms. The lowest BCUT2D eigenvalue weighted by Crippen LogP contribution is -2.46. The highest BCUT2D eigenvalue weighted by atomic mass is 19.4. The molecule has 15 heteroatoms. The highest BCUT2D eigenvalue weighted by molar-refractivity contribution is 6.04. The molecule has 1 aliphatic rings. The standard InChI is InChI=1S/C32H31F6N7O2/c1-20-3-4-22(15-21(20)5-8-25-19-43(2)29(40-25)28-39-17-27(42-28)32(36,37)38)30(47)41-24-7-6-23(26(16-24)31(33,34)35)18-45-11-9-44(10-12-45)13-14-46/h3-4,6-7,15-17,19,46H,9-14,18H2,1-2H3,(H,39,42)(H,41,47). The molecule has 1 amide bonds. The molecule has 47 heavy (non-hydrogen) atoms. The highest BCUT2D eigenvalue weighted by Crippen LogP contribution is 2.35. The zero-order valence-electron chi connectivity index (χ0n) is 25.4. The van der Waals surface area contributed by atoms with Gasteiger partial charge in [0.2, 0.25) is 0 Å². The summed E-state index contributed by atoms with van der Waals surface area (Å²) in [7, 11) is 1.58. The fourth-order valence-corrected chi connectivity index (χ4v) is 5.17. The Bertz CT molecular complexity index is 1810. The smallest absolute Gasteiger partial charge is 0.395 e. The van der Waals surface area contributed by atoms with Crippen molar-refractivity contribution in [1.29, 1.82) is 0 Å². The van der Waals surface area contributed by atoms with Crippen LogP contribution in [0.4, 0.5) is 32.0 Å². The Kier molecular flexibility index (Phi) is 9.76. The number of amides is 1. The number of nitrogens with one attached hydrogen (secondary N) is 2. The van der Waals surface area contributed by atoms with Gasteiger partial charge in [0, 0.05) is 69.3 Å². The van der Waals surface area contributed by atoms with Gasteiger partial charge in [-0.2, -0.15) is 26.3 Å². The maximum atomic E-state index is 14.1. The lowest BCUT2D eigenvalue weighted by molar-refractivity contribution is -0.141. The third-order valence-corrected chi connectivity index (χ3v) is 7.74. The summed E-state index contributed by atoms with van der Waals surface area (Å²) < 4.78 is 82.5. The molecule has 9 nitrogen and oxygen atoms in total. The minimum atomic E-state index is -4.63. The summed E-state index contributed by atoms with van der Waals surface area (Å²) in [5.74, 6) is 5.17.